The van der Waals surface area contributed by atoms with Crippen LogP contribution in [0.2, 0.25) is 0 Å². The highest BCUT2D eigenvalue weighted by Gasteiger charge is 2.14. The molecule has 1 N–H and O–H groups in total. The Morgan fingerprint density at radius 3 is 2.23 bits per heavy atom. The van der Waals surface area contributed by atoms with E-state index < -0.39 is 0 Å². The summed E-state index contributed by atoms with van der Waals surface area (Å²) in [6.07, 6.45) is 0. The number of rotatable bonds is 3. The lowest BCUT2D eigenvalue weighted by molar-refractivity contribution is 0.0958. The third-order valence-corrected chi connectivity index (χ3v) is 4.39. The molecule has 0 saturated heterocycles. The van der Waals surface area contributed by atoms with Crippen molar-refractivity contribution in [2.45, 2.75) is 0 Å². The number of thiol groups is 1. The van der Waals surface area contributed by atoms with Gasteiger partial charge in [-0.1, -0.05) is 48.5 Å². The maximum absolute atomic E-state index is 12.4. The first-order valence-electron chi connectivity index (χ1n) is 7.35. The van der Waals surface area contributed by atoms with Gasteiger partial charge in [0.2, 0.25) is 0 Å². The quantitative estimate of drug-likeness (QED) is 0.430. The molecule has 0 heterocycles. The van der Waals surface area contributed by atoms with E-state index in [-0.39, 0.29) is 5.91 Å². The summed E-state index contributed by atoms with van der Waals surface area (Å²) >= 11 is 4.14. The van der Waals surface area contributed by atoms with Crippen LogP contribution in [0.1, 0.15) is 10.4 Å². The molecule has 3 heteroatoms. The second kappa shape index (κ2) is 5.18. The van der Waals surface area contributed by atoms with Crippen molar-refractivity contribution in [1.29, 1.82) is 0 Å². The molecular weight excluding hydrogens is 290 g/mol. The predicted octanol–water partition coefficient (Wildman–Crippen LogP) is 4.24. The molecule has 0 unspecified atom stereocenters. The highest BCUT2D eigenvalue weighted by Crippen LogP contribution is 2.35. The molecule has 22 heavy (non-hydrogen) atoms. The van der Waals surface area contributed by atoms with Gasteiger partial charge < -0.3 is 5.32 Å². The van der Waals surface area contributed by atoms with Gasteiger partial charge >= 0.3 is 0 Å². The van der Waals surface area contributed by atoms with E-state index in [1.807, 2.05) is 12.1 Å². The van der Waals surface area contributed by atoms with E-state index in [0.29, 0.717) is 12.3 Å². The second-order valence-corrected chi connectivity index (χ2v) is 5.90. The number of hydrogen-bond acceptors (Lipinski definition) is 2. The van der Waals surface area contributed by atoms with E-state index in [1.165, 1.54) is 26.9 Å². The zero-order chi connectivity index (χ0) is 15.1. The number of nitrogens with one attached hydrogen (secondary N) is 1. The Kier molecular flexibility index (Phi) is 3.16. The Morgan fingerprint density at radius 1 is 0.864 bits per heavy atom. The van der Waals surface area contributed by atoms with Crippen LogP contribution in [0.5, 0.6) is 0 Å². The van der Waals surface area contributed by atoms with Crippen LogP contribution in [0.25, 0.3) is 32.3 Å². The van der Waals surface area contributed by atoms with Crippen LogP contribution in [-0.4, -0.2) is 18.2 Å². The van der Waals surface area contributed by atoms with E-state index in [0.717, 1.165) is 10.9 Å². The summed E-state index contributed by atoms with van der Waals surface area (Å²) in [5.41, 5.74) is 0.729. The first-order chi connectivity index (χ1) is 10.8. The van der Waals surface area contributed by atoms with E-state index >= 15 is 0 Å². The topological polar surface area (TPSA) is 29.1 Å². The third kappa shape index (κ3) is 1.93. The summed E-state index contributed by atoms with van der Waals surface area (Å²) in [6.45, 7) is 0.573. The molecule has 108 valence electrons. The van der Waals surface area contributed by atoms with Crippen molar-refractivity contribution in [3.05, 3.63) is 60.2 Å². The standard InChI is InChI=1S/C19H15NOS/c21-19(20-10-11-22)16-9-7-14-5-4-12-2-1-3-13-6-8-15(16)18(14)17(12)13/h1-9,22H,10-11H2,(H,20,21). The van der Waals surface area contributed by atoms with Crippen LogP contribution in [0.3, 0.4) is 0 Å². The molecule has 4 aromatic carbocycles. The molecule has 0 aliphatic rings. The molecule has 2 nitrogen and oxygen atoms in total. The lowest BCUT2D eigenvalue weighted by atomic mass is 9.92. The van der Waals surface area contributed by atoms with Crippen LogP contribution in [-0.2, 0) is 0 Å². The highest BCUT2D eigenvalue weighted by atomic mass is 32.1. The van der Waals surface area contributed by atoms with Gasteiger partial charge in [-0.05, 0) is 38.4 Å². The summed E-state index contributed by atoms with van der Waals surface area (Å²) < 4.78 is 0. The Balaban J connectivity index is 2.06. The molecule has 0 aliphatic carbocycles. The number of carbonyl (C=O) groups is 1. The van der Waals surface area contributed by atoms with Crippen molar-refractivity contribution in [2.75, 3.05) is 12.3 Å². The van der Waals surface area contributed by atoms with Gasteiger partial charge in [0.05, 0.1) is 0 Å². The molecule has 0 saturated carbocycles. The van der Waals surface area contributed by atoms with E-state index in [9.17, 15) is 4.79 Å². The predicted molar refractivity (Wildman–Crippen MR) is 96.3 cm³/mol. The van der Waals surface area contributed by atoms with Gasteiger partial charge in [0.25, 0.3) is 5.91 Å². The Hall–Kier alpha value is -2.26. The molecule has 0 fully saturated rings. The Morgan fingerprint density at radius 2 is 1.50 bits per heavy atom. The Bertz CT molecular complexity index is 977. The average Bonchev–Trinajstić information content (AvgIpc) is 2.57. The fourth-order valence-corrected chi connectivity index (χ4v) is 3.31. The minimum absolute atomic E-state index is 0.0352. The summed E-state index contributed by atoms with van der Waals surface area (Å²) in [6, 6.07) is 18.7. The van der Waals surface area contributed by atoms with Crippen LogP contribution in [0, 0.1) is 0 Å². The van der Waals surface area contributed by atoms with E-state index in [2.05, 4.69) is 60.4 Å². The monoisotopic (exact) mass is 305 g/mol. The van der Waals surface area contributed by atoms with Gasteiger partial charge in [0, 0.05) is 17.9 Å². The summed E-state index contributed by atoms with van der Waals surface area (Å²) in [5, 5.41) is 9.93. The smallest absolute Gasteiger partial charge is 0.251 e. The SMILES string of the molecule is O=C(NCCS)c1ccc2ccc3cccc4ccc1c2c34. The normalized spacial score (nSPS) is 11.5. The van der Waals surface area contributed by atoms with Crippen molar-refractivity contribution < 1.29 is 4.79 Å². The van der Waals surface area contributed by atoms with Crippen molar-refractivity contribution in [3.8, 4) is 0 Å². The molecule has 0 spiro atoms. The second-order valence-electron chi connectivity index (χ2n) is 5.45. The molecule has 4 rings (SSSR count). The third-order valence-electron chi connectivity index (χ3n) is 4.17. The maximum Gasteiger partial charge on any atom is 0.251 e. The maximum atomic E-state index is 12.4. The molecule has 0 bridgehead atoms. The first-order valence-corrected chi connectivity index (χ1v) is 7.98. The van der Waals surface area contributed by atoms with E-state index in [1.54, 1.807) is 0 Å². The number of amides is 1. The summed E-state index contributed by atoms with van der Waals surface area (Å²) in [4.78, 5) is 12.4. The van der Waals surface area contributed by atoms with Crippen LogP contribution >= 0.6 is 12.6 Å². The van der Waals surface area contributed by atoms with Gasteiger partial charge in [-0.25, -0.2) is 0 Å². The zero-order valence-corrected chi connectivity index (χ0v) is 12.9. The fourth-order valence-electron chi connectivity index (χ4n) is 3.20. The van der Waals surface area contributed by atoms with Crippen LogP contribution in [0.4, 0.5) is 0 Å². The van der Waals surface area contributed by atoms with Crippen LogP contribution in [0.15, 0.2) is 54.6 Å². The van der Waals surface area contributed by atoms with Gasteiger partial charge in [0.15, 0.2) is 0 Å². The highest BCUT2D eigenvalue weighted by molar-refractivity contribution is 7.80. The number of carbonyl (C=O) groups excluding carboxylic acids is 1. The molecule has 1 amide bonds. The minimum Gasteiger partial charge on any atom is -0.351 e. The van der Waals surface area contributed by atoms with Gasteiger partial charge in [-0.3, -0.25) is 4.79 Å². The number of benzene rings is 4. The van der Waals surface area contributed by atoms with E-state index in [4.69, 9.17) is 0 Å². The van der Waals surface area contributed by atoms with Crippen molar-refractivity contribution >= 4 is 50.9 Å². The van der Waals surface area contributed by atoms with Gasteiger partial charge in [-0.2, -0.15) is 12.6 Å². The first kappa shape index (κ1) is 13.4. The molecule has 0 aromatic heterocycles. The summed E-state index contributed by atoms with van der Waals surface area (Å²) in [5.74, 6) is 0.601. The molecule has 0 aliphatic heterocycles. The molecular formula is C19H15NOS. The fraction of sp³-hybridized carbons (Fsp3) is 0.105. The molecule has 0 radical (unpaired) electrons. The number of hydrogen-bond donors (Lipinski definition) is 2. The zero-order valence-electron chi connectivity index (χ0n) is 12.0. The van der Waals surface area contributed by atoms with Crippen LogP contribution < -0.4 is 5.32 Å². The molecule has 4 aromatic rings. The Labute approximate surface area is 133 Å². The lowest BCUT2D eigenvalue weighted by Gasteiger charge is -2.13. The van der Waals surface area contributed by atoms with Gasteiger partial charge in [0.1, 0.15) is 0 Å². The van der Waals surface area contributed by atoms with Crippen molar-refractivity contribution in [1.82, 2.24) is 5.32 Å². The minimum atomic E-state index is -0.0352. The lowest BCUT2D eigenvalue weighted by Crippen LogP contribution is -2.25. The largest absolute Gasteiger partial charge is 0.351 e. The molecule has 0 atom stereocenters. The summed E-state index contributed by atoms with van der Waals surface area (Å²) in [7, 11) is 0. The van der Waals surface area contributed by atoms with Crippen molar-refractivity contribution in [2.24, 2.45) is 0 Å². The average molecular weight is 305 g/mol. The van der Waals surface area contributed by atoms with Crippen molar-refractivity contribution in [3.63, 3.8) is 0 Å². The van der Waals surface area contributed by atoms with Gasteiger partial charge in [-0.15, -0.1) is 0 Å².